The van der Waals surface area contributed by atoms with Crippen LogP contribution < -0.4 is 10.1 Å². The van der Waals surface area contributed by atoms with E-state index in [1.54, 1.807) is 24.3 Å². The number of anilines is 1. The van der Waals surface area contributed by atoms with Gasteiger partial charge in [0, 0.05) is 16.8 Å². The van der Waals surface area contributed by atoms with Crippen LogP contribution in [0.25, 0.3) is 22.6 Å². The lowest BCUT2D eigenvalue weighted by Gasteiger charge is -2.10. The second-order valence-electron chi connectivity index (χ2n) is 8.28. The molecule has 1 amide bonds. The SMILES string of the molecule is CC[C@@H](C)c1ccc2oc(-c3ccc(NC(=O)c4ccc(OC(C)C)cc4)cc3)nc2c1. The van der Waals surface area contributed by atoms with Crippen molar-refractivity contribution >= 4 is 22.7 Å². The molecule has 3 aromatic carbocycles. The quantitative estimate of drug-likeness (QED) is 0.343. The molecule has 4 aromatic rings. The Morgan fingerprint density at radius 3 is 2.38 bits per heavy atom. The molecule has 5 nitrogen and oxygen atoms in total. The second kappa shape index (κ2) is 9.27. The molecule has 1 N–H and O–H groups in total. The average molecular weight is 429 g/mol. The van der Waals surface area contributed by atoms with Crippen molar-refractivity contribution in [3.8, 4) is 17.2 Å². The normalized spacial score (nSPS) is 12.2. The summed E-state index contributed by atoms with van der Waals surface area (Å²) in [5, 5.41) is 2.92. The number of hydrogen-bond acceptors (Lipinski definition) is 4. The summed E-state index contributed by atoms with van der Waals surface area (Å²) in [5.74, 6) is 1.63. The fourth-order valence-electron chi connectivity index (χ4n) is 3.47. The van der Waals surface area contributed by atoms with Gasteiger partial charge in [0.2, 0.25) is 5.89 Å². The van der Waals surface area contributed by atoms with Crippen molar-refractivity contribution < 1.29 is 13.9 Å². The van der Waals surface area contributed by atoms with Gasteiger partial charge in [0.25, 0.3) is 5.91 Å². The fourth-order valence-corrected chi connectivity index (χ4v) is 3.47. The first-order chi connectivity index (χ1) is 15.4. The molecule has 0 aliphatic heterocycles. The zero-order chi connectivity index (χ0) is 22.7. The van der Waals surface area contributed by atoms with E-state index in [2.05, 4.69) is 36.3 Å². The van der Waals surface area contributed by atoms with E-state index in [1.807, 2.05) is 44.2 Å². The molecular weight excluding hydrogens is 400 g/mol. The molecule has 4 rings (SSSR count). The first-order valence-electron chi connectivity index (χ1n) is 11.0. The largest absolute Gasteiger partial charge is 0.491 e. The lowest BCUT2D eigenvalue weighted by Crippen LogP contribution is -2.12. The molecule has 0 aliphatic rings. The number of benzene rings is 3. The Morgan fingerprint density at radius 1 is 1.00 bits per heavy atom. The number of nitrogens with one attached hydrogen (secondary N) is 1. The Hall–Kier alpha value is -3.60. The summed E-state index contributed by atoms with van der Waals surface area (Å²) in [7, 11) is 0. The molecule has 0 unspecified atom stereocenters. The highest BCUT2D eigenvalue weighted by Crippen LogP contribution is 2.28. The molecule has 0 fully saturated rings. The topological polar surface area (TPSA) is 64.4 Å². The zero-order valence-electron chi connectivity index (χ0n) is 18.9. The number of rotatable bonds is 7. The van der Waals surface area contributed by atoms with Crippen LogP contribution in [0.3, 0.4) is 0 Å². The van der Waals surface area contributed by atoms with Crippen LogP contribution >= 0.6 is 0 Å². The van der Waals surface area contributed by atoms with Crippen LogP contribution in [-0.2, 0) is 0 Å². The number of hydrogen-bond donors (Lipinski definition) is 1. The van der Waals surface area contributed by atoms with Crippen molar-refractivity contribution in [2.75, 3.05) is 5.32 Å². The van der Waals surface area contributed by atoms with E-state index in [0.29, 0.717) is 23.1 Å². The third-order valence-corrected chi connectivity index (χ3v) is 5.47. The highest BCUT2D eigenvalue weighted by molar-refractivity contribution is 6.04. The third-order valence-electron chi connectivity index (χ3n) is 5.47. The van der Waals surface area contributed by atoms with Gasteiger partial charge in [-0.15, -0.1) is 0 Å². The summed E-state index contributed by atoms with van der Waals surface area (Å²) in [6, 6.07) is 20.8. The number of amides is 1. The molecule has 0 aliphatic carbocycles. The van der Waals surface area contributed by atoms with Crippen molar-refractivity contribution in [2.45, 2.75) is 46.1 Å². The summed E-state index contributed by atoms with van der Waals surface area (Å²) in [6.07, 6.45) is 1.18. The van der Waals surface area contributed by atoms with E-state index < -0.39 is 0 Å². The minimum atomic E-state index is -0.173. The minimum Gasteiger partial charge on any atom is -0.491 e. The van der Waals surface area contributed by atoms with Crippen molar-refractivity contribution in [2.24, 2.45) is 0 Å². The van der Waals surface area contributed by atoms with E-state index in [1.165, 1.54) is 5.56 Å². The van der Waals surface area contributed by atoms with Crippen LogP contribution in [0, 0.1) is 0 Å². The Kier molecular flexibility index (Phi) is 6.26. The Morgan fingerprint density at radius 2 is 1.72 bits per heavy atom. The maximum atomic E-state index is 12.5. The summed E-state index contributed by atoms with van der Waals surface area (Å²) < 4.78 is 11.6. The first-order valence-corrected chi connectivity index (χ1v) is 11.0. The molecule has 0 radical (unpaired) electrons. The lowest BCUT2D eigenvalue weighted by molar-refractivity contribution is 0.102. The van der Waals surface area contributed by atoms with Gasteiger partial charge in [-0.1, -0.05) is 19.9 Å². The van der Waals surface area contributed by atoms with Gasteiger partial charge in [-0.25, -0.2) is 4.98 Å². The number of oxazole rings is 1. The van der Waals surface area contributed by atoms with Gasteiger partial charge >= 0.3 is 0 Å². The summed E-state index contributed by atoms with van der Waals surface area (Å²) in [5.41, 5.74) is 5.04. The molecule has 164 valence electrons. The molecular formula is C27H28N2O3. The van der Waals surface area contributed by atoms with Crippen LogP contribution in [0.2, 0.25) is 0 Å². The van der Waals surface area contributed by atoms with E-state index in [4.69, 9.17) is 9.15 Å². The first kappa shape index (κ1) is 21.6. The molecule has 1 heterocycles. The fraction of sp³-hybridized carbons (Fsp3) is 0.259. The van der Waals surface area contributed by atoms with Crippen molar-refractivity contribution in [1.82, 2.24) is 4.98 Å². The maximum absolute atomic E-state index is 12.5. The highest BCUT2D eigenvalue weighted by atomic mass is 16.5. The van der Waals surface area contributed by atoms with Crippen molar-refractivity contribution in [1.29, 1.82) is 0 Å². The molecule has 1 atom stereocenters. The second-order valence-corrected chi connectivity index (χ2v) is 8.28. The van der Waals surface area contributed by atoms with Crippen LogP contribution in [-0.4, -0.2) is 17.0 Å². The Labute approximate surface area is 188 Å². The molecule has 0 bridgehead atoms. The van der Waals surface area contributed by atoms with Gasteiger partial charge in [-0.05, 0) is 92.4 Å². The predicted octanol–water partition coefficient (Wildman–Crippen LogP) is 7.05. The maximum Gasteiger partial charge on any atom is 0.255 e. The van der Waals surface area contributed by atoms with Gasteiger partial charge in [-0.3, -0.25) is 4.79 Å². The smallest absolute Gasteiger partial charge is 0.255 e. The number of nitrogens with zero attached hydrogens (tertiary/aromatic N) is 1. The van der Waals surface area contributed by atoms with E-state index >= 15 is 0 Å². The molecule has 1 aromatic heterocycles. The van der Waals surface area contributed by atoms with Crippen LogP contribution in [0.15, 0.2) is 71.1 Å². The Balaban J connectivity index is 1.46. The Bertz CT molecular complexity index is 1210. The molecule has 0 saturated heterocycles. The molecule has 0 saturated carbocycles. The monoisotopic (exact) mass is 428 g/mol. The number of carbonyl (C=O) groups excluding carboxylic acids is 1. The summed E-state index contributed by atoms with van der Waals surface area (Å²) in [4.78, 5) is 17.2. The van der Waals surface area contributed by atoms with Crippen LogP contribution in [0.5, 0.6) is 5.75 Å². The zero-order valence-corrected chi connectivity index (χ0v) is 18.9. The van der Waals surface area contributed by atoms with E-state index in [0.717, 1.165) is 28.8 Å². The number of fused-ring (bicyclic) bond motifs is 1. The van der Waals surface area contributed by atoms with Crippen LogP contribution in [0.1, 0.15) is 56.0 Å². The van der Waals surface area contributed by atoms with Gasteiger partial charge in [0.15, 0.2) is 5.58 Å². The number of aromatic nitrogens is 1. The number of ether oxygens (including phenoxy) is 1. The lowest BCUT2D eigenvalue weighted by atomic mass is 9.98. The summed E-state index contributed by atoms with van der Waals surface area (Å²) >= 11 is 0. The number of carbonyl (C=O) groups is 1. The van der Waals surface area contributed by atoms with E-state index in [-0.39, 0.29) is 12.0 Å². The van der Waals surface area contributed by atoms with Gasteiger partial charge < -0.3 is 14.5 Å². The van der Waals surface area contributed by atoms with E-state index in [9.17, 15) is 4.79 Å². The summed E-state index contributed by atoms with van der Waals surface area (Å²) in [6.45, 7) is 8.33. The van der Waals surface area contributed by atoms with Crippen molar-refractivity contribution in [3.05, 3.63) is 77.9 Å². The molecule has 0 spiro atoms. The standard InChI is InChI=1S/C27H28N2O3/c1-5-18(4)21-10-15-25-24(16-21)29-27(32-25)20-6-11-22(12-7-20)28-26(30)19-8-13-23(14-9-19)31-17(2)3/h6-18H,5H2,1-4H3,(H,28,30)/t18-/m1/s1. The van der Waals surface area contributed by atoms with Gasteiger partial charge in [-0.2, -0.15) is 0 Å². The van der Waals surface area contributed by atoms with Crippen LogP contribution in [0.4, 0.5) is 5.69 Å². The van der Waals surface area contributed by atoms with Crippen molar-refractivity contribution in [3.63, 3.8) is 0 Å². The van der Waals surface area contributed by atoms with Gasteiger partial charge in [0.05, 0.1) is 6.10 Å². The predicted molar refractivity (Wildman–Crippen MR) is 128 cm³/mol. The minimum absolute atomic E-state index is 0.0939. The average Bonchev–Trinajstić information content (AvgIpc) is 3.22. The molecule has 32 heavy (non-hydrogen) atoms. The van der Waals surface area contributed by atoms with Gasteiger partial charge in [0.1, 0.15) is 11.3 Å². The molecule has 5 heteroatoms. The third kappa shape index (κ3) is 4.83. The highest BCUT2D eigenvalue weighted by Gasteiger charge is 2.12.